The van der Waals surface area contributed by atoms with Crippen LogP contribution in [0.3, 0.4) is 0 Å². The van der Waals surface area contributed by atoms with E-state index in [9.17, 15) is 8.78 Å². The van der Waals surface area contributed by atoms with Gasteiger partial charge in [0.15, 0.2) is 11.6 Å². The Morgan fingerprint density at radius 1 is 1.21 bits per heavy atom. The van der Waals surface area contributed by atoms with Crippen LogP contribution in [0.25, 0.3) is 0 Å². The summed E-state index contributed by atoms with van der Waals surface area (Å²) in [6, 6.07) is 10.7. The van der Waals surface area contributed by atoms with Crippen LogP contribution in [0.5, 0.6) is 0 Å². The van der Waals surface area contributed by atoms with Crippen LogP contribution in [0.4, 0.5) is 14.5 Å². The molecule has 0 bridgehead atoms. The molecule has 0 saturated heterocycles. The number of hydrogen-bond donors (Lipinski definition) is 1. The van der Waals surface area contributed by atoms with Gasteiger partial charge in [0, 0.05) is 17.1 Å². The van der Waals surface area contributed by atoms with Crippen LogP contribution in [0.2, 0.25) is 5.02 Å². The van der Waals surface area contributed by atoms with Crippen LogP contribution < -0.4 is 5.32 Å². The molecule has 0 radical (unpaired) electrons. The highest BCUT2D eigenvalue weighted by atomic mass is 35.5. The molecule has 5 heteroatoms. The molecule has 0 unspecified atom stereocenters. The van der Waals surface area contributed by atoms with Gasteiger partial charge in [-0.25, -0.2) is 8.78 Å². The minimum absolute atomic E-state index is 0.0681. The number of halogens is 3. The van der Waals surface area contributed by atoms with E-state index in [1.165, 1.54) is 12.1 Å². The summed E-state index contributed by atoms with van der Waals surface area (Å²) in [5, 5.41) is 12.3. The van der Waals surface area contributed by atoms with E-state index in [-0.39, 0.29) is 12.1 Å². The summed E-state index contributed by atoms with van der Waals surface area (Å²) in [6.07, 6.45) is 0. The van der Waals surface area contributed by atoms with Crippen molar-refractivity contribution in [2.24, 2.45) is 0 Å². The zero-order valence-electron chi connectivity index (χ0n) is 9.75. The first-order chi connectivity index (χ1) is 9.11. The number of nitrogens with one attached hydrogen (secondary N) is 1. The van der Waals surface area contributed by atoms with Crippen molar-refractivity contribution in [3.05, 3.63) is 64.2 Å². The molecular weight excluding hydrogens is 270 g/mol. The van der Waals surface area contributed by atoms with Crippen LogP contribution >= 0.6 is 11.6 Å². The summed E-state index contributed by atoms with van der Waals surface area (Å²) < 4.78 is 26.5. The van der Waals surface area contributed by atoms with Crippen molar-refractivity contribution < 1.29 is 8.78 Å². The molecule has 2 rings (SSSR count). The zero-order chi connectivity index (χ0) is 13.8. The van der Waals surface area contributed by atoms with Crippen LogP contribution in [-0.4, -0.2) is 0 Å². The molecule has 2 aromatic carbocycles. The minimum Gasteiger partial charge on any atom is -0.380 e. The molecule has 0 fully saturated rings. The van der Waals surface area contributed by atoms with Gasteiger partial charge in [-0.3, -0.25) is 0 Å². The fraction of sp³-hybridized carbons (Fsp3) is 0.0714. The first-order valence-electron chi connectivity index (χ1n) is 5.48. The number of hydrogen-bond acceptors (Lipinski definition) is 2. The molecule has 0 atom stereocenters. The Morgan fingerprint density at radius 3 is 2.74 bits per heavy atom. The molecule has 19 heavy (non-hydrogen) atoms. The Balaban J connectivity index is 2.21. The molecule has 96 valence electrons. The Kier molecular flexibility index (Phi) is 3.98. The third-order valence-electron chi connectivity index (χ3n) is 2.60. The molecule has 0 aromatic heterocycles. The van der Waals surface area contributed by atoms with E-state index in [1.807, 2.05) is 6.07 Å². The second kappa shape index (κ2) is 5.68. The highest BCUT2D eigenvalue weighted by Gasteiger charge is 2.08. The highest BCUT2D eigenvalue weighted by Crippen LogP contribution is 2.21. The fourth-order valence-corrected chi connectivity index (χ4v) is 1.81. The van der Waals surface area contributed by atoms with Crippen molar-refractivity contribution in [2.45, 2.75) is 6.54 Å². The monoisotopic (exact) mass is 278 g/mol. The summed E-state index contributed by atoms with van der Waals surface area (Å²) in [7, 11) is 0. The van der Waals surface area contributed by atoms with E-state index in [4.69, 9.17) is 16.9 Å². The van der Waals surface area contributed by atoms with Crippen molar-refractivity contribution in [3.63, 3.8) is 0 Å². The molecule has 1 N–H and O–H groups in total. The molecule has 2 aromatic rings. The summed E-state index contributed by atoms with van der Waals surface area (Å²) in [5.74, 6) is -1.79. The van der Waals surface area contributed by atoms with Gasteiger partial charge in [0.2, 0.25) is 0 Å². The second-order valence-electron chi connectivity index (χ2n) is 3.87. The van der Waals surface area contributed by atoms with E-state index >= 15 is 0 Å². The van der Waals surface area contributed by atoms with Gasteiger partial charge in [0.05, 0.1) is 11.3 Å². The van der Waals surface area contributed by atoms with Gasteiger partial charge in [-0.1, -0.05) is 23.7 Å². The van der Waals surface area contributed by atoms with Crippen molar-refractivity contribution in [1.82, 2.24) is 0 Å². The third kappa shape index (κ3) is 3.01. The van der Waals surface area contributed by atoms with Gasteiger partial charge < -0.3 is 5.32 Å². The van der Waals surface area contributed by atoms with Crippen LogP contribution in [0.15, 0.2) is 36.4 Å². The summed E-state index contributed by atoms with van der Waals surface area (Å²) in [5.41, 5.74) is 1.06. The van der Waals surface area contributed by atoms with E-state index in [0.29, 0.717) is 16.3 Å². The Bertz CT molecular complexity index is 650. The smallest absolute Gasteiger partial charge is 0.163 e. The zero-order valence-corrected chi connectivity index (χ0v) is 10.5. The number of benzene rings is 2. The lowest BCUT2D eigenvalue weighted by molar-refractivity contribution is 0.500. The SMILES string of the molecule is N#Cc1ccc(Cl)cc1NCc1cccc(F)c1F. The van der Waals surface area contributed by atoms with Gasteiger partial charge in [-0.2, -0.15) is 5.26 Å². The topological polar surface area (TPSA) is 35.8 Å². The number of nitriles is 1. The molecule has 0 amide bonds. The van der Waals surface area contributed by atoms with Gasteiger partial charge in [0.1, 0.15) is 6.07 Å². The molecule has 0 saturated carbocycles. The largest absolute Gasteiger partial charge is 0.380 e. The normalized spacial score (nSPS) is 10.0. The average Bonchev–Trinajstić information content (AvgIpc) is 2.40. The minimum atomic E-state index is -0.897. The Hall–Kier alpha value is -2.12. The van der Waals surface area contributed by atoms with Gasteiger partial charge in [0.25, 0.3) is 0 Å². The van der Waals surface area contributed by atoms with Crippen LogP contribution in [-0.2, 0) is 6.54 Å². The first kappa shape index (κ1) is 13.3. The Labute approximate surface area is 114 Å². The lowest BCUT2D eigenvalue weighted by atomic mass is 10.1. The van der Waals surface area contributed by atoms with E-state index < -0.39 is 11.6 Å². The summed E-state index contributed by atoms with van der Waals surface area (Å²) >= 11 is 5.83. The van der Waals surface area contributed by atoms with Crippen molar-refractivity contribution in [3.8, 4) is 6.07 Å². The second-order valence-corrected chi connectivity index (χ2v) is 4.30. The third-order valence-corrected chi connectivity index (χ3v) is 2.84. The number of nitrogens with zero attached hydrogens (tertiary/aromatic N) is 1. The quantitative estimate of drug-likeness (QED) is 0.917. The van der Waals surface area contributed by atoms with Crippen molar-refractivity contribution >= 4 is 17.3 Å². The highest BCUT2D eigenvalue weighted by molar-refractivity contribution is 6.30. The average molecular weight is 279 g/mol. The lowest BCUT2D eigenvalue weighted by Gasteiger charge is -2.09. The maximum atomic E-state index is 13.5. The van der Waals surface area contributed by atoms with Gasteiger partial charge in [-0.15, -0.1) is 0 Å². The number of rotatable bonds is 3. The molecule has 0 aliphatic rings. The molecular formula is C14H9ClF2N2. The van der Waals surface area contributed by atoms with Gasteiger partial charge in [-0.05, 0) is 24.3 Å². The van der Waals surface area contributed by atoms with Crippen LogP contribution in [0.1, 0.15) is 11.1 Å². The van der Waals surface area contributed by atoms with Crippen molar-refractivity contribution in [2.75, 3.05) is 5.32 Å². The fourth-order valence-electron chi connectivity index (χ4n) is 1.64. The Morgan fingerprint density at radius 2 is 2.00 bits per heavy atom. The summed E-state index contributed by atoms with van der Waals surface area (Å²) in [4.78, 5) is 0. The van der Waals surface area contributed by atoms with Crippen LogP contribution in [0, 0.1) is 23.0 Å². The molecule has 0 heterocycles. The van der Waals surface area contributed by atoms with E-state index in [2.05, 4.69) is 5.32 Å². The first-order valence-corrected chi connectivity index (χ1v) is 5.86. The lowest BCUT2D eigenvalue weighted by Crippen LogP contribution is -2.04. The van der Waals surface area contributed by atoms with E-state index in [0.717, 1.165) is 6.07 Å². The number of anilines is 1. The standard InChI is InChI=1S/C14H9ClF2N2/c15-11-5-4-9(7-18)13(6-11)19-8-10-2-1-3-12(16)14(10)17/h1-6,19H,8H2. The summed E-state index contributed by atoms with van der Waals surface area (Å²) in [6.45, 7) is 0.0681. The van der Waals surface area contributed by atoms with Crippen molar-refractivity contribution in [1.29, 1.82) is 5.26 Å². The maximum absolute atomic E-state index is 13.5. The molecule has 0 aliphatic heterocycles. The molecule has 2 nitrogen and oxygen atoms in total. The maximum Gasteiger partial charge on any atom is 0.163 e. The van der Waals surface area contributed by atoms with Gasteiger partial charge >= 0.3 is 0 Å². The predicted molar refractivity (Wildman–Crippen MR) is 69.9 cm³/mol. The molecule has 0 aliphatic carbocycles. The van der Waals surface area contributed by atoms with E-state index in [1.54, 1.807) is 18.2 Å². The molecule has 0 spiro atoms. The predicted octanol–water partition coefficient (Wildman–Crippen LogP) is 4.10.